The number of carbonyl (C=O) groups is 1. The highest BCUT2D eigenvalue weighted by Crippen LogP contribution is 2.24. The molecule has 1 aliphatic carbocycles. The summed E-state index contributed by atoms with van der Waals surface area (Å²) in [5.41, 5.74) is 1.73. The second-order valence-electron chi connectivity index (χ2n) is 5.50. The molecule has 2 rings (SSSR count). The molecule has 0 saturated heterocycles. The Balaban J connectivity index is 1.97. The minimum absolute atomic E-state index is 0.0313. The molecule has 1 aromatic carbocycles. The Bertz CT molecular complexity index is 476. The van der Waals surface area contributed by atoms with Gasteiger partial charge in [-0.05, 0) is 43.7 Å². The van der Waals surface area contributed by atoms with Crippen LogP contribution in [0.3, 0.4) is 0 Å². The molecule has 2 N–H and O–H groups in total. The van der Waals surface area contributed by atoms with E-state index in [1.165, 1.54) is 0 Å². The maximum absolute atomic E-state index is 12.3. The van der Waals surface area contributed by atoms with Crippen LogP contribution in [0.25, 0.3) is 0 Å². The Labute approximate surface area is 125 Å². The molecule has 1 aromatic rings. The Morgan fingerprint density at radius 2 is 2.15 bits per heavy atom. The second-order valence-corrected chi connectivity index (χ2v) is 6.38. The molecule has 0 aliphatic heterocycles. The van der Waals surface area contributed by atoms with E-state index in [4.69, 9.17) is 0 Å². The van der Waals surface area contributed by atoms with E-state index in [-0.39, 0.29) is 17.9 Å². The zero-order valence-corrected chi connectivity index (χ0v) is 13.0. The molecule has 0 bridgehead atoms. The van der Waals surface area contributed by atoms with Crippen LogP contribution in [0, 0.1) is 12.8 Å². The van der Waals surface area contributed by atoms with Crippen LogP contribution >= 0.6 is 11.8 Å². The lowest BCUT2D eigenvalue weighted by Crippen LogP contribution is -2.36. The smallest absolute Gasteiger partial charge is 0.251 e. The van der Waals surface area contributed by atoms with Gasteiger partial charge in [0, 0.05) is 22.9 Å². The highest BCUT2D eigenvalue weighted by molar-refractivity contribution is 7.98. The van der Waals surface area contributed by atoms with Gasteiger partial charge in [-0.3, -0.25) is 4.79 Å². The van der Waals surface area contributed by atoms with Crippen molar-refractivity contribution < 1.29 is 9.90 Å². The molecule has 1 saturated carbocycles. The second kappa shape index (κ2) is 7.14. The monoisotopic (exact) mass is 293 g/mol. The fourth-order valence-electron chi connectivity index (χ4n) is 2.72. The molecule has 0 radical (unpaired) electrons. The molecular formula is C16H23NO2S. The van der Waals surface area contributed by atoms with Gasteiger partial charge in [0.25, 0.3) is 5.91 Å². The van der Waals surface area contributed by atoms with Crippen molar-refractivity contribution in [3.05, 3.63) is 29.3 Å². The summed E-state index contributed by atoms with van der Waals surface area (Å²) >= 11 is 1.64. The van der Waals surface area contributed by atoms with Gasteiger partial charge in [0.1, 0.15) is 0 Å². The minimum atomic E-state index is -0.261. The highest BCUT2D eigenvalue weighted by Gasteiger charge is 2.23. The Hall–Kier alpha value is -1.00. The van der Waals surface area contributed by atoms with E-state index in [1.807, 2.05) is 31.4 Å². The first-order valence-corrected chi connectivity index (χ1v) is 8.45. The largest absolute Gasteiger partial charge is 0.393 e. The molecule has 2 unspecified atom stereocenters. The van der Waals surface area contributed by atoms with E-state index in [2.05, 4.69) is 5.32 Å². The van der Waals surface area contributed by atoms with Crippen LogP contribution in [-0.4, -0.2) is 29.9 Å². The van der Waals surface area contributed by atoms with Crippen LogP contribution in [0.5, 0.6) is 0 Å². The predicted molar refractivity (Wildman–Crippen MR) is 83.3 cm³/mol. The normalized spacial score (nSPS) is 22.6. The number of aliphatic hydroxyl groups excluding tert-OH is 1. The molecule has 2 atom stereocenters. The number of nitrogens with one attached hydrogen (secondary N) is 1. The fraction of sp³-hybridized carbons (Fsp3) is 0.562. The molecule has 0 spiro atoms. The molecule has 20 heavy (non-hydrogen) atoms. The van der Waals surface area contributed by atoms with Crippen molar-refractivity contribution >= 4 is 17.7 Å². The third-order valence-corrected chi connectivity index (χ3v) is 4.81. The van der Waals surface area contributed by atoms with E-state index < -0.39 is 0 Å². The van der Waals surface area contributed by atoms with Gasteiger partial charge in [-0.2, -0.15) is 0 Å². The fourth-order valence-corrected chi connectivity index (χ4v) is 3.16. The van der Waals surface area contributed by atoms with Crippen LogP contribution in [0.4, 0.5) is 0 Å². The molecule has 1 aliphatic rings. The van der Waals surface area contributed by atoms with Gasteiger partial charge in [0.15, 0.2) is 0 Å². The van der Waals surface area contributed by atoms with Crippen molar-refractivity contribution in [2.24, 2.45) is 5.92 Å². The molecule has 0 aromatic heterocycles. The first kappa shape index (κ1) is 15.4. The predicted octanol–water partition coefficient (Wildman–Crippen LogP) is 3.00. The lowest BCUT2D eigenvalue weighted by molar-refractivity contribution is 0.0662. The van der Waals surface area contributed by atoms with Crippen LogP contribution in [0.2, 0.25) is 0 Å². The third-order valence-electron chi connectivity index (χ3n) is 4.08. The third kappa shape index (κ3) is 3.76. The number of thioether (sulfide) groups is 1. The topological polar surface area (TPSA) is 49.3 Å². The van der Waals surface area contributed by atoms with Crippen molar-refractivity contribution in [1.82, 2.24) is 5.32 Å². The first-order valence-electron chi connectivity index (χ1n) is 7.22. The quantitative estimate of drug-likeness (QED) is 0.839. The van der Waals surface area contributed by atoms with Crippen LogP contribution in [0.15, 0.2) is 23.1 Å². The SMILES string of the molecule is CSc1ccc(C)c(C(=O)NCC2CCCCC2O)c1. The van der Waals surface area contributed by atoms with Crippen molar-refractivity contribution in [1.29, 1.82) is 0 Å². The van der Waals surface area contributed by atoms with Crippen molar-refractivity contribution in [3.8, 4) is 0 Å². The lowest BCUT2D eigenvalue weighted by atomic mass is 9.86. The van der Waals surface area contributed by atoms with Crippen LogP contribution in [-0.2, 0) is 0 Å². The summed E-state index contributed by atoms with van der Waals surface area (Å²) in [6.45, 7) is 2.53. The molecule has 110 valence electrons. The summed E-state index contributed by atoms with van der Waals surface area (Å²) in [6.07, 6.45) is 5.86. The lowest BCUT2D eigenvalue weighted by Gasteiger charge is -2.27. The Kier molecular flexibility index (Phi) is 5.49. The van der Waals surface area contributed by atoms with E-state index in [9.17, 15) is 9.90 Å². The first-order chi connectivity index (χ1) is 9.61. The van der Waals surface area contributed by atoms with Crippen molar-refractivity contribution in [2.75, 3.05) is 12.8 Å². The van der Waals surface area contributed by atoms with Gasteiger partial charge in [-0.25, -0.2) is 0 Å². The number of benzene rings is 1. The maximum Gasteiger partial charge on any atom is 0.251 e. The molecule has 0 heterocycles. The van der Waals surface area contributed by atoms with Crippen molar-refractivity contribution in [2.45, 2.75) is 43.6 Å². The average Bonchev–Trinajstić information content (AvgIpc) is 2.46. The number of aryl methyl sites for hydroxylation is 1. The summed E-state index contributed by atoms with van der Waals surface area (Å²) in [5, 5.41) is 12.9. The molecule has 1 fully saturated rings. The van der Waals surface area contributed by atoms with Gasteiger partial charge < -0.3 is 10.4 Å². The number of amides is 1. The number of aliphatic hydroxyl groups is 1. The standard InChI is InChI=1S/C16H23NO2S/c1-11-7-8-13(20-2)9-14(11)16(19)17-10-12-5-3-4-6-15(12)18/h7-9,12,15,18H,3-6,10H2,1-2H3,(H,17,19). The minimum Gasteiger partial charge on any atom is -0.393 e. The van der Waals surface area contributed by atoms with Gasteiger partial charge in [-0.15, -0.1) is 11.8 Å². The van der Waals surface area contributed by atoms with Gasteiger partial charge in [0.2, 0.25) is 0 Å². The van der Waals surface area contributed by atoms with E-state index in [0.717, 1.165) is 41.7 Å². The summed E-state index contributed by atoms with van der Waals surface area (Å²) in [7, 11) is 0. The van der Waals surface area contributed by atoms with Gasteiger partial charge in [0.05, 0.1) is 6.10 Å². The van der Waals surface area contributed by atoms with E-state index in [1.54, 1.807) is 11.8 Å². The van der Waals surface area contributed by atoms with Gasteiger partial charge >= 0.3 is 0 Å². The molecule has 4 heteroatoms. The number of rotatable bonds is 4. The number of hydrogen-bond donors (Lipinski definition) is 2. The zero-order valence-electron chi connectivity index (χ0n) is 12.2. The van der Waals surface area contributed by atoms with Crippen LogP contribution < -0.4 is 5.32 Å². The van der Waals surface area contributed by atoms with E-state index in [0.29, 0.717) is 6.54 Å². The summed E-state index contributed by atoms with van der Waals surface area (Å²) in [5.74, 6) is 0.174. The average molecular weight is 293 g/mol. The summed E-state index contributed by atoms with van der Waals surface area (Å²) < 4.78 is 0. The number of carbonyl (C=O) groups excluding carboxylic acids is 1. The Morgan fingerprint density at radius 3 is 2.85 bits per heavy atom. The molecule has 1 amide bonds. The number of hydrogen-bond acceptors (Lipinski definition) is 3. The highest BCUT2D eigenvalue weighted by atomic mass is 32.2. The zero-order chi connectivity index (χ0) is 14.5. The maximum atomic E-state index is 12.3. The molecular weight excluding hydrogens is 270 g/mol. The summed E-state index contributed by atoms with van der Waals surface area (Å²) in [4.78, 5) is 13.4. The van der Waals surface area contributed by atoms with Crippen molar-refractivity contribution in [3.63, 3.8) is 0 Å². The van der Waals surface area contributed by atoms with Gasteiger partial charge in [-0.1, -0.05) is 18.9 Å². The van der Waals surface area contributed by atoms with Crippen LogP contribution in [0.1, 0.15) is 41.6 Å². The Morgan fingerprint density at radius 1 is 1.40 bits per heavy atom. The summed E-state index contributed by atoms with van der Waals surface area (Å²) in [6, 6.07) is 5.95. The van der Waals surface area contributed by atoms with E-state index >= 15 is 0 Å². The molecule has 3 nitrogen and oxygen atoms in total.